The molecule has 0 fully saturated rings. The number of aliphatic imine (C=N–C) groups is 1. The lowest BCUT2D eigenvalue weighted by molar-refractivity contribution is 0.907. The molecule has 0 aliphatic carbocycles. The number of allylic oxidation sites excluding steroid dienone is 4. The van der Waals surface area contributed by atoms with Crippen LogP contribution in [0.25, 0.3) is 22.4 Å². The van der Waals surface area contributed by atoms with Gasteiger partial charge in [0.1, 0.15) is 6.07 Å². The molecule has 0 unspecified atom stereocenters. The van der Waals surface area contributed by atoms with Gasteiger partial charge >= 0.3 is 0 Å². The standard InChI is InChI=1S/C44H35N7/c1-4-37(26-24-32-16-8-5-9-17-32)51-42(48-40(35-21-12-7-13-22-35)30(2)33-18-10-6-11-19-33)31(3)50(44-43(51)47-39(29-45)41(46)49-44)38-27-25-34-20-14-15-23-36(34)28-38/h4-28H,2H2,1,3H3,(H2,46,49)/b26-24-,37-4+,48-40+. The summed E-state index contributed by atoms with van der Waals surface area (Å²) in [4.78, 5) is 19.2. The fourth-order valence-electron chi connectivity index (χ4n) is 6.17. The number of benzene rings is 5. The Morgan fingerprint density at radius 2 is 1.41 bits per heavy atom. The molecule has 0 saturated heterocycles. The van der Waals surface area contributed by atoms with E-state index in [1.807, 2.05) is 145 Å². The normalized spacial score (nSPS) is 13.4. The number of fused-ring (bicyclic) bond motifs is 2. The lowest BCUT2D eigenvalue weighted by atomic mass is 9.97. The fourth-order valence-corrected chi connectivity index (χ4v) is 6.17. The van der Waals surface area contributed by atoms with Gasteiger partial charge in [-0.1, -0.05) is 140 Å². The third kappa shape index (κ3) is 6.42. The maximum atomic E-state index is 10.1. The van der Waals surface area contributed by atoms with Crippen LogP contribution in [-0.4, -0.2) is 15.7 Å². The number of rotatable bonds is 8. The average molecular weight is 662 g/mol. The van der Waals surface area contributed by atoms with Gasteiger partial charge in [-0.05, 0) is 54.0 Å². The lowest BCUT2D eigenvalue weighted by Gasteiger charge is -2.38. The van der Waals surface area contributed by atoms with E-state index in [4.69, 9.17) is 20.7 Å². The van der Waals surface area contributed by atoms with E-state index in [1.54, 1.807) is 0 Å². The number of aromatic nitrogens is 2. The summed E-state index contributed by atoms with van der Waals surface area (Å²) in [7, 11) is 0. The summed E-state index contributed by atoms with van der Waals surface area (Å²) in [5.74, 6) is 1.53. The summed E-state index contributed by atoms with van der Waals surface area (Å²) in [5.41, 5.74) is 13.1. The highest BCUT2D eigenvalue weighted by Crippen LogP contribution is 2.45. The second kappa shape index (κ2) is 14.2. The minimum absolute atomic E-state index is 0.0274. The molecule has 6 aromatic rings. The van der Waals surface area contributed by atoms with Crippen LogP contribution in [0.5, 0.6) is 0 Å². The molecule has 2 heterocycles. The second-order valence-electron chi connectivity index (χ2n) is 12.0. The van der Waals surface area contributed by atoms with E-state index >= 15 is 0 Å². The Hall–Kier alpha value is -7.04. The van der Waals surface area contributed by atoms with Crippen molar-refractivity contribution >= 4 is 51.3 Å². The van der Waals surface area contributed by atoms with Gasteiger partial charge in [0.25, 0.3) is 0 Å². The zero-order valence-electron chi connectivity index (χ0n) is 28.4. The highest BCUT2D eigenvalue weighted by atomic mass is 15.4. The number of nitrogens with zero attached hydrogens (tertiary/aromatic N) is 6. The molecule has 7 rings (SSSR count). The molecule has 0 bridgehead atoms. The number of hydrogen-bond donors (Lipinski definition) is 1. The van der Waals surface area contributed by atoms with E-state index < -0.39 is 0 Å². The topological polar surface area (TPSA) is 94.4 Å². The quantitative estimate of drug-likeness (QED) is 0.129. The molecule has 1 aromatic heterocycles. The summed E-state index contributed by atoms with van der Waals surface area (Å²) in [5, 5.41) is 12.3. The van der Waals surface area contributed by atoms with Gasteiger partial charge in [0.2, 0.25) is 0 Å². The van der Waals surface area contributed by atoms with E-state index in [-0.39, 0.29) is 11.5 Å². The number of anilines is 4. The molecule has 246 valence electrons. The highest BCUT2D eigenvalue weighted by molar-refractivity contribution is 6.31. The molecule has 0 radical (unpaired) electrons. The van der Waals surface area contributed by atoms with Crippen LogP contribution in [-0.2, 0) is 0 Å². The number of nitrogen functional groups attached to an aromatic ring is 1. The molecule has 51 heavy (non-hydrogen) atoms. The van der Waals surface area contributed by atoms with Crippen LogP contribution in [0, 0.1) is 11.3 Å². The molecular formula is C44H35N7. The van der Waals surface area contributed by atoms with E-state index in [0.717, 1.165) is 50.1 Å². The SMILES string of the molecule is C=C(/C(=N\C1=C(C)N(c2ccc3ccccc3c2)c2nc(N)c(C#N)nc2N1C(/C=C\c1ccccc1)=C/C)c1ccccc1)c1ccccc1. The Balaban J connectivity index is 1.54. The van der Waals surface area contributed by atoms with Crippen molar-refractivity contribution < 1.29 is 0 Å². The van der Waals surface area contributed by atoms with Gasteiger partial charge in [-0.15, -0.1) is 0 Å². The van der Waals surface area contributed by atoms with Crippen LogP contribution >= 0.6 is 0 Å². The van der Waals surface area contributed by atoms with Gasteiger partial charge in [-0.25, -0.2) is 15.0 Å². The summed E-state index contributed by atoms with van der Waals surface area (Å²) >= 11 is 0. The third-order valence-corrected chi connectivity index (χ3v) is 8.75. The van der Waals surface area contributed by atoms with Crippen LogP contribution in [0.1, 0.15) is 36.2 Å². The molecule has 2 N–H and O–H groups in total. The van der Waals surface area contributed by atoms with E-state index in [1.165, 1.54) is 0 Å². The second-order valence-corrected chi connectivity index (χ2v) is 12.0. The van der Waals surface area contributed by atoms with Crippen LogP contribution < -0.4 is 15.5 Å². The first-order valence-corrected chi connectivity index (χ1v) is 16.6. The van der Waals surface area contributed by atoms with Crippen molar-refractivity contribution in [2.45, 2.75) is 13.8 Å². The van der Waals surface area contributed by atoms with E-state index in [9.17, 15) is 5.26 Å². The molecule has 5 aromatic carbocycles. The maximum absolute atomic E-state index is 10.1. The molecule has 7 nitrogen and oxygen atoms in total. The van der Waals surface area contributed by atoms with E-state index in [0.29, 0.717) is 23.2 Å². The average Bonchev–Trinajstić information content (AvgIpc) is 3.18. The van der Waals surface area contributed by atoms with Crippen molar-refractivity contribution in [1.82, 2.24) is 9.97 Å². The molecule has 0 spiro atoms. The van der Waals surface area contributed by atoms with Crippen LogP contribution in [0.2, 0.25) is 0 Å². The van der Waals surface area contributed by atoms with Gasteiger partial charge in [-0.2, -0.15) is 5.26 Å². The zero-order chi connectivity index (χ0) is 35.3. The zero-order valence-corrected chi connectivity index (χ0v) is 28.4. The minimum atomic E-state index is 0.0274. The number of nitriles is 1. The summed E-state index contributed by atoms with van der Waals surface area (Å²) < 4.78 is 0. The molecular weight excluding hydrogens is 627 g/mol. The van der Waals surface area contributed by atoms with Crippen LogP contribution in [0.4, 0.5) is 23.1 Å². The lowest BCUT2D eigenvalue weighted by Crippen LogP contribution is -2.34. The predicted molar refractivity (Wildman–Crippen MR) is 210 cm³/mol. The Kier molecular flexibility index (Phi) is 9.06. The van der Waals surface area contributed by atoms with Crippen molar-refractivity contribution in [2.24, 2.45) is 4.99 Å². The maximum Gasteiger partial charge on any atom is 0.185 e. The van der Waals surface area contributed by atoms with Crippen molar-refractivity contribution in [2.75, 3.05) is 15.5 Å². The smallest absolute Gasteiger partial charge is 0.185 e. The molecule has 1 aliphatic rings. The van der Waals surface area contributed by atoms with Crippen LogP contribution in [0.3, 0.4) is 0 Å². The Morgan fingerprint density at radius 1 is 0.784 bits per heavy atom. The number of nitrogens with two attached hydrogens (primary N) is 1. The summed E-state index contributed by atoms with van der Waals surface area (Å²) in [6.45, 7) is 8.53. The van der Waals surface area contributed by atoms with Gasteiger partial charge < -0.3 is 5.73 Å². The first-order chi connectivity index (χ1) is 25.0. The third-order valence-electron chi connectivity index (χ3n) is 8.75. The van der Waals surface area contributed by atoms with Crippen molar-refractivity contribution in [3.63, 3.8) is 0 Å². The van der Waals surface area contributed by atoms with Gasteiger partial charge in [-0.3, -0.25) is 9.80 Å². The van der Waals surface area contributed by atoms with E-state index in [2.05, 4.69) is 43.0 Å². The van der Waals surface area contributed by atoms with Crippen LogP contribution in [0.15, 0.2) is 174 Å². The monoisotopic (exact) mass is 661 g/mol. The van der Waals surface area contributed by atoms with Crippen molar-refractivity contribution in [1.29, 1.82) is 5.26 Å². The van der Waals surface area contributed by atoms with Gasteiger partial charge in [0.05, 0.1) is 11.4 Å². The first kappa shape index (κ1) is 32.5. The van der Waals surface area contributed by atoms with Gasteiger partial charge in [0.15, 0.2) is 29.0 Å². The highest BCUT2D eigenvalue weighted by Gasteiger charge is 2.35. The Morgan fingerprint density at radius 3 is 2.08 bits per heavy atom. The molecule has 0 atom stereocenters. The fraction of sp³-hybridized carbons (Fsp3) is 0.0455. The van der Waals surface area contributed by atoms with Gasteiger partial charge in [0, 0.05) is 22.5 Å². The summed E-state index contributed by atoms with van der Waals surface area (Å²) in [6, 6.07) is 46.7. The largest absolute Gasteiger partial charge is 0.381 e. The molecule has 1 aliphatic heterocycles. The molecule has 0 saturated carbocycles. The molecule has 7 heteroatoms. The Bertz CT molecular complexity index is 2420. The predicted octanol–water partition coefficient (Wildman–Crippen LogP) is 10.1. The Labute approximate surface area is 298 Å². The van der Waals surface area contributed by atoms with Crippen molar-refractivity contribution in [3.8, 4) is 6.07 Å². The molecule has 0 amide bonds. The first-order valence-electron chi connectivity index (χ1n) is 16.6. The number of hydrogen-bond acceptors (Lipinski definition) is 7. The minimum Gasteiger partial charge on any atom is -0.381 e. The summed E-state index contributed by atoms with van der Waals surface area (Å²) in [6.07, 6.45) is 6.06. The van der Waals surface area contributed by atoms with Crippen molar-refractivity contribution in [3.05, 3.63) is 192 Å².